The van der Waals surface area contributed by atoms with Crippen molar-refractivity contribution < 1.29 is 0 Å². The van der Waals surface area contributed by atoms with E-state index in [-0.39, 0.29) is 5.56 Å². The highest BCUT2D eigenvalue weighted by Gasteiger charge is 2.05. The summed E-state index contributed by atoms with van der Waals surface area (Å²) in [5.41, 5.74) is 0.884. The van der Waals surface area contributed by atoms with Gasteiger partial charge in [0.05, 0.1) is 0 Å². The largest absolute Gasteiger partial charge is 0.281 e. The van der Waals surface area contributed by atoms with Gasteiger partial charge in [-0.1, -0.05) is 18.2 Å². The molecule has 0 fully saturated rings. The van der Waals surface area contributed by atoms with Gasteiger partial charge in [-0.05, 0) is 24.4 Å². The van der Waals surface area contributed by atoms with E-state index in [9.17, 15) is 4.79 Å². The molecule has 17 heavy (non-hydrogen) atoms. The topological polar surface area (TPSA) is 50.7 Å². The summed E-state index contributed by atoms with van der Waals surface area (Å²) in [5, 5.41) is 8.57. The van der Waals surface area contributed by atoms with Crippen LogP contribution < -0.4 is 5.56 Å². The van der Waals surface area contributed by atoms with Crippen molar-refractivity contribution in [3.05, 3.63) is 58.6 Å². The maximum absolute atomic E-state index is 12.2. The van der Waals surface area contributed by atoms with Crippen LogP contribution in [0, 0.1) is 6.92 Å². The number of hydrogen-bond acceptors (Lipinski definition) is 2. The summed E-state index contributed by atoms with van der Waals surface area (Å²) in [7, 11) is 0. The van der Waals surface area contributed by atoms with Crippen LogP contribution in [0.25, 0.3) is 16.6 Å². The number of aromatic amines is 1. The van der Waals surface area contributed by atoms with Crippen molar-refractivity contribution in [1.29, 1.82) is 0 Å². The van der Waals surface area contributed by atoms with E-state index in [4.69, 9.17) is 0 Å². The predicted octanol–water partition coefficient (Wildman–Crippen LogP) is 2.02. The van der Waals surface area contributed by atoms with Gasteiger partial charge in [-0.25, -0.2) is 0 Å². The minimum atomic E-state index is -0.0467. The van der Waals surface area contributed by atoms with Crippen molar-refractivity contribution in [3.63, 3.8) is 0 Å². The molecule has 4 nitrogen and oxygen atoms in total. The third kappa shape index (κ3) is 1.54. The standard InChI is InChI=1S/C13H11N3O/c1-9-8-12(15-14-9)16-7-6-10-4-2-3-5-11(10)13(16)17/h2-8H,1H3,(H,14,15). The molecule has 0 saturated carbocycles. The SMILES string of the molecule is Cc1cc(-n2ccc3ccccc3c2=O)n[nH]1. The maximum Gasteiger partial charge on any atom is 0.264 e. The highest BCUT2D eigenvalue weighted by molar-refractivity contribution is 5.81. The molecule has 0 atom stereocenters. The lowest BCUT2D eigenvalue weighted by Crippen LogP contribution is -2.17. The minimum absolute atomic E-state index is 0.0467. The number of H-pyrrole nitrogens is 1. The van der Waals surface area contributed by atoms with Gasteiger partial charge in [-0.2, -0.15) is 5.10 Å². The van der Waals surface area contributed by atoms with Gasteiger partial charge >= 0.3 is 0 Å². The predicted molar refractivity (Wildman–Crippen MR) is 66.4 cm³/mol. The van der Waals surface area contributed by atoms with Gasteiger partial charge in [-0.3, -0.25) is 14.5 Å². The molecule has 2 heterocycles. The maximum atomic E-state index is 12.2. The molecular weight excluding hydrogens is 214 g/mol. The number of rotatable bonds is 1. The smallest absolute Gasteiger partial charge is 0.264 e. The van der Waals surface area contributed by atoms with Crippen LogP contribution in [-0.4, -0.2) is 14.8 Å². The molecule has 1 aromatic carbocycles. The number of fused-ring (bicyclic) bond motifs is 1. The fourth-order valence-corrected chi connectivity index (χ4v) is 1.90. The van der Waals surface area contributed by atoms with E-state index >= 15 is 0 Å². The van der Waals surface area contributed by atoms with Gasteiger partial charge in [0.1, 0.15) is 0 Å². The van der Waals surface area contributed by atoms with Crippen LogP contribution in [0.3, 0.4) is 0 Å². The number of aromatic nitrogens is 3. The summed E-state index contributed by atoms with van der Waals surface area (Å²) in [6, 6.07) is 11.3. The molecule has 0 aliphatic carbocycles. The van der Waals surface area contributed by atoms with Crippen LogP contribution in [0.15, 0.2) is 47.4 Å². The van der Waals surface area contributed by atoms with Crippen molar-refractivity contribution in [2.75, 3.05) is 0 Å². The van der Waals surface area contributed by atoms with E-state index in [1.165, 1.54) is 0 Å². The van der Waals surface area contributed by atoms with Gasteiger partial charge in [0.25, 0.3) is 5.56 Å². The Morgan fingerprint density at radius 1 is 1.24 bits per heavy atom. The average Bonchev–Trinajstić information content (AvgIpc) is 2.77. The molecule has 0 aliphatic heterocycles. The van der Waals surface area contributed by atoms with Crippen LogP contribution >= 0.6 is 0 Å². The molecule has 3 rings (SSSR count). The third-order valence-electron chi connectivity index (χ3n) is 2.75. The molecule has 0 bridgehead atoms. The number of nitrogens with one attached hydrogen (secondary N) is 1. The van der Waals surface area contributed by atoms with E-state index in [1.807, 2.05) is 43.3 Å². The Morgan fingerprint density at radius 2 is 2.06 bits per heavy atom. The summed E-state index contributed by atoms with van der Waals surface area (Å²) in [6.07, 6.45) is 1.75. The van der Waals surface area contributed by atoms with Crippen molar-refractivity contribution in [1.82, 2.24) is 14.8 Å². The Kier molecular flexibility index (Phi) is 2.08. The van der Waals surface area contributed by atoms with Crippen molar-refractivity contribution in [2.45, 2.75) is 6.92 Å². The number of nitrogens with zero attached hydrogens (tertiary/aromatic N) is 2. The Bertz CT molecular complexity index is 740. The summed E-state index contributed by atoms with van der Waals surface area (Å²) in [6.45, 7) is 1.91. The molecule has 0 unspecified atom stereocenters. The van der Waals surface area contributed by atoms with E-state index in [0.717, 1.165) is 11.1 Å². The second kappa shape index (κ2) is 3.59. The Labute approximate surface area is 97.5 Å². The number of aryl methyl sites for hydroxylation is 1. The molecule has 0 aliphatic rings. The van der Waals surface area contributed by atoms with Gasteiger partial charge in [0.15, 0.2) is 5.82 Å². The van der Waals surface area contributed by atoms with Crippen molar-refractivity contribution in [3.8, 4) is 5.82 Å². The van der Waals surface area contributed by atoms with E-state index in [0.29, 0.717) is 11.2 Å². The average molecular weight is 225 g/mol. The van der Waals surface area contributed by atoms with Crippen LogP contribution in [-0.2, 0) is 0 Å². The fourth-order valence-electron chi connectivity index (χ4n) is 1.90. The Balaban J connectivity index is 2.32. The lowest BCUT2D eigenvalue weighted by atomic mass is 10.2. The van der Waals surface area contributed by atoms with Crippen LogP contribution in [0.2, 0.25) is 0 Å². The van der Waals surface area contributed by atoms with Crippen LogP contribution in [0.5, 0.6) is 0 Å². The van der Waals surface area contributed by atoms with Crippen LogP contribution in [0.1, 0.15) is 5.69 Å². The number of hydrogen-bond donors (Lipinski definition) is 1. The van der Waals surface area contributed by atoms with E-state index < -0.39 is 0 Å². The first kappa shape index (κ1) is 9.84. The first-order valence-electron chi connectivity index (χ1n) is 5.38. The molecular formula is C13H11N3O. The molecule has 84 valence electrons. The molecule has 0 saturated heterocycles. The summed E-state index contributed by atoms with van der Waals surface area (Å²) in [5.74, 6) is 0.623. The second-order valence-electron chi connectivity index (χ2n) is 3.99. The quantitative estimate of drug-likeness (QED) is 0.688. The van der Waals surface area contributed by atoms with E-state index in [1.54, 1.807) is 10.8 Å². The Hall–Kier alpha value is -2.36. The van der Waals surface area contributed by atoms with Crippen LogP contribution in [0.4, 0.5) is 0 Å². The first-order chi connectivity index (χ1) is 8.25. The zero-order valence-corrected chi connectivity index (χ0v) is 9.34. The first-order valence-corrected chi connectivity index (χ1v) is 5.38. The second-order valence-corrected chi connectivity index (χ2v) is 3.99. The van der Waals surface area contributed by atoms with E-state index in [2.05, 4.69) is 10.2 Å². The molecule has 0 radical (unpaired) electrons. The zero-order valence-electron chi connectivity index (χ0n) is 9.34. The number of benzene rings is 1. The molecule has 2 aromatic heterocycles. The lowest BCUT2D eigenvalue weighted by Gasteiger charge is -2.02. The molecule has 0 spiro atoms. The monoisotopic (exact) mass is 225 g/mol. The molecule has 3 aromatic rings. The third-order valence-corrected chi connectivity index (χ3v) is 2.75. The molecule has 4 heteroatoms. The lowest BCUT2D eigenvalue weighted by molar-refractivity contribution is 0.922. The van der Waals surface area contributed by atoms with Gasteiger partial charge in [0.2, 0.25) is 0 Å². The molecule has 1 N–H and O–H groups in total. The highest BCUT2D eigenvalue weighted by Crippen LogP contribution is 2.10. The van der Waals surface area contributed by atoms with Crippen molar-refractivity contribution >= 4 is 10.8 Å². The summed E-state index contributed by atoms with van der Waals surface area (Å²) >= 11 is 0. The fraction of sp³-hybridized carbons (Fsp3) is 0.0769. The normalized spacial score (nSPS) is 10.9. The molecule has 0 amide bonds. The number of pyridine rings is 1. The summed E-state index contributed by atoms with van der Waals surface area (Å²) < 4.78 is 1.55. The van der Waals surface area contributed by atoms with Gasteiger partial charge in [-0.15, -0.1) is 0 Å². The minimum Gasteiger partial charge on any atom is -0.281 e. The zero-order chi connectivity index (χ0) is 11.8. The Morgan fingerprint density at radius 3 is 2.82 bits per heavy atom. The highest BCUT2D eigenvalue weighted by atomic mass is 16.1. The van der Waals surface area contributed by atoms with Crippen molar-refractivity contribution in [2.24, 2.45) is 0 Å². The van der Waals surface area contributed by atoms with Gasteiger partial charge < -0.3 is 0 Å². The van der Waals surface area contributed by atoms with Gasteiger partial charge in [0, 0.05) is 23.3 Å². The summed E-state index contributed by atoms with van der Waals surface area (Å²) in [4.78, 5) is 12.2.